The molecule has 1 aromatic carbocycles. The molecule has 118 valence electrons. The lowest BCUT2D eigenvalue weighted by atomic mass is 9.96. The lowest BCUT2D eigenvalue weighted by Gasteiger charge is -2.40. The van der Waals surface area contributed by atoms with Crippen molar-refractivity contribution < 1.29 is 0 Å². The Balaban J connectivity index is 2.09. The topological polar surface area (TPSA) is 32.5 Å². The third-order valence-corrected chi connectivity index (χ3v) is 4.92. The number of likely N-dealkylation sites (tertiary alicyclic amines) is 1. The van der Waals surface area contributed by atoms with Gasteiger partial charge in [-0.3, -0.25) is 4.90 Å². The largest absolute Gasteiger partial charge is 0.329 e. The number of nitrogens with zero attached hydrogens (tertiary/aromatic N) is 2. The van der Waals surface area contributed by atoms with Crippen molar-refractivity contribution in [3.8, 4) is 0 Å². The van der Waals surface area contributed by atoms with Gasteiger partial charge in [0.05, 0.1) is 0 Å². The summed E-state index contributed by atoms with van der Waals surface area (Å²) in [7, 11) is 2.25. The first-order valence-corrected chi connectivity index (χ1v) is 8.27. The molecular weight excluding hydrogens is 258 g/mol. The molecule has 1 aliphatic rings. The van der Waals surface area contributed by atoms with Crippen LogP contribution in [-0.4, -0.2) is 49.1 Å². The van der Waals surface area contributed by atoms with E-state index in [1.165, 1.54) is 49.2 Å². The average Bonchev–Trinajstić information content (AvgIpc) is 2.47. The molecule has 1 atom stereocenters. The summed E-state index contributed by atoms with van der Waals surface area (Å²) < 4.78 is 0. The van der Waals surface area contributed by atoms with Crippen molar-refractivity contribution >= 4 is 0 Å². The van der Waals surface area contributed by atoms with Crippen LogP contribution >= 0.6 is 0 Å². The van der Waals surface area contributed by atoms with E-state index in [1.54, 1.807) is 0 Å². The maximum Gasteiger partial charge on any atom is 0.0470 e. The van der Waals surface area contributed by atoms with E-state index in [9.17, 15) is 0 Å². The third-order valence-electron chi connectivity index (χ3n) is 4.92. The summed E-state index contributed by atoms with van der Waals surface area (Å²) in [5, 5.41) is 0. The minimum Gasteiger partial charge on any atom is -0.329 e. The number of piperidine rings is 1. The average molecular weight is 289 g/mol. The third kappa shape index (κ3) is 4.06. The van der Waals surface area contributed by atoms with Crippen LogP contribution in [0.25, 0.3) is 0 Å². The van der Waals surface area contributed by atoms with Crippen LogP contribution in [0.2, 0.25) is 0 Å². The first kappa shape index (κ1) is 16.5. The zero-order valence-corrected chi connectivity index (χ0v) is 14.1. The highest BCUT2D eigenvalue weighted by Crippen LogP contribution is 2.26. The number of rotatable bonds is 5. The van der Waals surface area contributed by atoms with Crippen molar-refractivity contribution in [3.05, 3.63) is 34.9 Å². The van der Waals surface area contributed by atoms with Gasteiger partial charge in [0.25, 0.3) is 0 Å². The Labute approximate surface area is 130 Å². The maximum atomic E-state index is 6.11. The monoisotopic (exact) mass is 289 g/mol. The fourth-order valence-electron chi connectivity index (χ4n) is 3.64. The number of nitrogens with two attached hydrogens (primary N) is 1. The van der Waals surface area contributed by atoms with E-state index in [0.29, 0.717) is 18.6 Å². The normalized spacial score (nSPS) is 19.1. The van der Waals surface area contributed by atoms with Gasteiger partial charge in [0, 0.05) is 18.6 Å². The van der Waals surface area contributed by atoms with Gasteiger partial charge in [-0.05, 0) is 58.9 Å². The quantitative estimate of drug-likeness (QED) is 0.904. The Bertz CT molecular complexity index is 430. The molecule has 2 N–H and O–H groups in total. The van der Waals surface area contributed by atoms with Gasteiger partial charge in [-0.15, -0.1) is 0 Å². The number of benzene rings is 1. The van der Waals surface area contributed by atoms with E-state index < -0.39 is 0 Å². The van der Waals surface area contributed by atoms with Crippen molar-refractivity contribution in [2.75, 3.05) is 33.2 Å². The Hall–Kier alpha value is -0.900. The molecule has 21 heavy (non-hydrogen) atoms. The Morgan fingerprint density at radius 2 is 1.76 bits per heavy atom. The van der Waals surface area contributed by atoms with E-state index in [2.05, 4.69) is 55.8 Å². The summed E-state index contributed by atoms with van der Waals surface area (Å²) in [6, 6.07) is 7.81. The SMILES string of the molecule is CCN1CCC(N(C)C(CN)c2cc(C)cc(C)c2)CC1. The molecule has 0 spiro atoms. The highest BCUT2D eigenvalue weighted by atomic mass is 15.2. The molecule has 0 amide bonds. The fourth-order valence-corrected chi connectivity index (χ4v) is 3.64. The molecule has 0 radical (unpaired) electrons. The summed E-state index contributed by atoms with van der Waals surface area (Å²) >= 11 is 0. The smallest absolute Gasteiger partial charge is 0.0470 e. The van der Waals surface area contributed by atoms with Crippen LogP contribution in [0.4, 0.5) is 0 Å². The van der Waals surface area contributed by atoms with Crippen LogP contribution in [0.5, 0.6) is 0 Å². The van der Waals surface area contributed by atoms with Crippen molar-refractivity contribution in [3.63, 3.8) is 0 Å². The second-order valence-electron chi connectivity index (χ2n) is 6.50. The highest BCUT2D eigenvalue weighted by molar-refractivity contribution is 5.31. The van der Waals surface area contributed by atoms with Gasteiger partial charge in [0.1, 0.15) is 0 Å². The molecule has 0 aromatic heterocycles. The van der Waals surface area contributed by atoms with Gasteiger partial charge in [0.15, 0.2) is 0 Å². The van der Waals surface area contributed by atoms with Crippen LogP contribution in [0, 0.1) is 13.8 Å². The van der Waals surface area contributed by atoms with Crippen molar-refractivity contribution in [1.82, 2.24) is 9.80 Å². The first-order valence-electron chi connectivity index (χ1n) is 8.27. The van der Waals surface area contributed by atoms with Gasteiger partial charge < -0.3 is 10.6 Å². The van der Waals surface area contributed by atoms with Crippen molar-refractivity contribution in [1.29, 1.82) is 0 Å². The second-order valence-corrected chi connectivity index (χ2v) is 6.50. The fraction of sp³-hybridized carbons (Fsp3) is 0.667. The second kappa shape index (κ2) is 7.39. The predicted octanol–water partition coefficient (Wildman–Crippen LogP) is 2.72. The molecule has 1 saturated heterocycles. The molecule has 3 nitrogen and oxygen atoms in total. The first-order chi connectivity index (χ1) is 10.0. The summed E-state index contributed by atoms with van der Waals surface area (Å²) in [4.78, 5) is 5.06. The molecule has 1 heterocycles. The zero-order chi connectivity index (χ0) is 15.4. The van der Waals surface area contributed by atoms with Gasteiger partial charge in [-0.2, -0.15) is 0 Å². The number of hydrogen-bond donors (Lipinski definition) is 1. The molecule has 1 aromatic rings. The van der Waals surface area contributed by atoms with Gasteiger partial charge in [0.2, 0.25) is 0 Å². The van der Waals surface area contributed by atoms with E-state index in [1.807, 2.05) is 0 Å². The zero-order valence-electron chi connectivity index (χ0n) is 14.1. The van der Waals surface area contributed by atoms with Crippen molar-refractivity contribution in [2.45, 2.75) is 45.7 Å². The highest BCUT2D eigenvalue weighted by Gasteiger charge is 2.26. The molecule has 1 fully saturated rings. The number of aryl methyl sites for hydroxylation is 2. The van der Waals surface area contributed by atoms with E-state index in [0.717, 1.165) is 0 Å². The van der Waals surface area contributed by atoms with Crippen LogP contribution in [-0.2, 0) is 0 Å². The Morgan fingerprint density at radius 3 is 2.24 bits per heavy atom. The van der Waals surface area contributed by atoms with Crippen LogP contribution < -0.4 is 5.73 Å². The van der Waals surface area contributed by atoms with Gasteiger partial charge >= 0.3 is 0 Å². The summed E-state index contributed by atoms with van der Waals surface area (Å²) in [5.41, 5.74) is 10.1. The summed E-state index contributed by atoms with van der Waals surface area (Å²) in [6.45, 7) is 10.9. The van der Waals surface area contributed by atoms with Crippen LogP contribution in [0.3, 0.4) is 0 Å². The summed E-state index contributed by atoms with van der Waals surface area (Å²) in [6.07, 6.45) is 2.51. The lowest BCUT2D eigenvalue weighted by molar-refractivity contribution is 0.101. The molecule has 0 aliphatic carbocycles. The predicted molar refractivity (Wildman–Crippen MR) is 90.6 cm³/mol. The van der Waals surface area contributed by atoms with Gasteiger partial charge in [-0.1, -0.05) is 36.2 Å². The van der Waals surface area contributed by atoms with E-state index >= 15 is 0 Å². The minimum absolute atomic E-state index is 0.335. The van der Waals surface area contributed by atoms with E-state index in [-0.39, 0.29) is 0 Å². The molecule has 2 rings (SSSR count). The molecule has 1 aliphatic heterocycles. The standard InChI is InChI=1S/C18H31N3/c1-5-21-8-6-17(7-9-21)20(4)18(13-19)16-11-14(2)10-15(3)12-16/h10-12,17-18H,5-9,13,19H2,1-4H3. The van der Waals surface area contributed by atoms with Crippen LogP contribution in [0.1, 0.15) is 42.5 Å². The molecule has 0 bridgehead atoms. The summed E-state index contributed by atoms with van der Waals surface area (Å²) in [5.74, 6) is 0. The number of likely N-dealkylation sites (N-methyl/N-ethyl adjacent to an activating group) is 1. The molecule has 1 unspecified atom stereocenters. The van der Waals surface area contributed by atoms with E-state index in [4.69, 9.17) is 5.73 Å². The molecular formula is C18H31N3. The van der Waals surface area contributed by atoms with Crippen LogP contribution in [0.15, 0.2) is 18.2 Å². The molecule has 0 saturated carbocycles. The Kier molecular flexibility index (Phi) is 5.80. The Morgan fingerprint density at radius 1 is 1.19 bits per heavy atom. The number of hydrogen-bond acceptors (Lipinski definition) is 3. The molecule has 3 heteroatoms. The van der Waals surface area contributed by atoms with Crippen molar-refractivity contribution in [2.24, 2.45) is 5.73 Å². The lowest BCUT2D eigenvalue weighted by Crippen LogP contribution is -2.45. The van der Waals surface area contributed by atoms with Gasteiger partial charge in [-0.25, -0.2) is 0 Å². The maximum absolute atomic E-state index is 6.11. The minimum atomic E-state index is 0.335.